The van der Waals surface area contributed by atoms with Crippen molar-refractivity contribution in [2.24, 2.45) is 0 Å². The summed E-state index contributed by atoms with van der Waals surface area (Å²) in [5, 5.41) is 2.10. The Morgan fingerprint density at radius 2 is 0.961 bits per heavy atom. The number of benzene rings is 4. The maximum absolute atomic E-state index is 6.57. The van der Waals surface area contributed by atoms with Crippen LogP contribution in [0.3, 0.4) is 0 Å². The van der Waals surface area contributed by atoms with Crippen molar-refractivity contribution >= 4 is 21.8 Å². The van der Waals surface area contributed by atoms with Crippen LogP contribution in [0.25, 0.3) is 27.8 Å². The lowest BCUT2D eigenvalue weighted by molar-refractivity contribution is 0.447. The molecule has 0 aliphatic heterocycles. The molecule has 0 saturated carbocycles. The van der Waals surface area contributed by atoms with Crippen molar-refractivity contribution in [3.63, 3.8) is 0 Å². The Hall–Kier alpha value is -6.81. The van der Waals surface area contributed by atoms with Crippen LogP contribution in [-0.4, -0.2) is 29.5 Å². The molecule has 4 heterocycles. The zero-order valence-corrected chi connectivity index (χ0v) is 27.9. The molecule has 250 valence electrons. The van der Waals surface area contributed by atoms with Gasteiger partial charge in [0.05, 0.1) is 11.0 Å². The Bertz CT molecular complexity index is 2300. The molecule has 10 nitrogen and oxygen atoms in total. The average Bonchev–Trinajstić information content (AvgIpc) is 3.47. The number of aromatic nitrogens is 6. The van der Waals surface area contributed by atoms with Gasteiger partial charge in [-0.05, 0) is 72.5 Å². The number of pyridine rings is 2. The number of aryl methyl sites for hydroxylation is 2. The Kier molecular flexibility index (Phi) is 8.62. The second-order valence-electron chi connectivity index (χ2n) is 11.6. The van der Waals surface area contributed by atoms with Gasteiger partial charge >= 0.3 is 0 Å². The fraction of sp³-hybridized carbons (Fsp3) is 0.0976. The SMILES string of the molecule is CCc1cc2c3cc(CC)c(Oc4cccc(Oc5ccccn5)c4)cc3n(-c3ncncn3)c2cc1Oc1cccc(Oc2ccccn2)c1. The van der Waals surface area contributed by atoms with Crippen LogP contribution >= 0.6 is 0 Å². The highest BCUT2D eigenvalue weighted by Crippen LogP contribution is 2.41. The molecule has 0 N–H and O–H groups in total. The molecule has 4 aromatic heterocycles. The van der Waals surface area contributed by atoms with Gasteiger partial charge in [-0.15, -0.1) is 0 Å². The summed E-state index contributed by atoms with van der Waals surface area (Å²) in [6, 6.07) is 34.6. The molecule has 0 radical (unpaired) electrons. The summed E-state index contributed by atoms with van der Waals surface area (Å²) in [6.45, 7) is 4.24. The Labute approximate surface area is 294 Å². The summed E-state index contributed by atoms with van der Waals surface area (Å²) in [6.07, 6.45) is 7.89. The van der Waals surface area contributed by atoms with Gasteiger partial charge in [0.1, 0.15) is 47.2 Å². The number of hydrogen-bond acceptors (Lipinski definition) is 9. The van der Waals surface area contributed by atoms with Crippen LogP contribution in [0.1, 0.15) is 25.0 Å². The Morgan fingerprint density at radius 3 is 1.39 bits per heavy atom. The van der Waals surface area contributed by atoms with Crippen LogP contribution in [0, 0.1) is 0 Å². The first-order valence-electron chi connectivity index (χ1n) is 16.6. The first kappa shape index (κ1) is 31.5. The highest BCUT2D eigenvalue weighted by Gasteiger charge is 2.20. The fourth-order valence-electron chi connectivity index (χ4n) is 5.98. The van der Waals surface area contributed by atoms with Crippen LogP contribution < -0.4 is 18.9 Å². The van der Waals surface area contributed by atoms with Crippen LogP contribution in [-0.2, 0) is 12.8 Å². The molecule has 4 aromatic carbocycles. The second kappa shape index (κ2) is 14.0. The molecule has 0 bridgehead atoms. The van der Waals surface area contributed by atoms with Crippen molar-refractivity contribution in [3.05, 3.63) is 145 Å². The highest BCUT2D eigenvalue weighted by atomic mass is 16.5. The highest BCUT2D eigenvalue weighted by molar-refractivity contribution is 6.10. The molecular weight excluding hydrogens is 640 g/mol. The van der Waals surface area contributed by atoms with Crippen molar-refractivity contribution < 1.29 is 18.9 Å². The maximum atomic E-state index is 6.57. The third-order valence-electron chi connectivity index (χ3n) is 8.36. The number of fused-ring (bicyclic) bond motifs is 3. The van der Waals surface area contributed by atoms with Crippen molar-refractivity contribution in [1.82, 2.24) is 29.5 Å². The first-order chi connectivity index (χ1) is 25.1. The van der Waals surface area contributed by atoms with Gasteiger partial charge in [0.15, 0.2) is 0 Å². The van der Waals surface area contributed by atoms with Crippen molar-refractivity contribution in [2.45, 2.75) is 26.7 Å². The van der Waals surface area contributed by atoms with E-state index in [2.05, 4.69) is 63.0 Å². The molecular formula is C41H32N6O4. The van der Waals surface area contributed by atoms with E-state index in [1.165, 1.54) is 12.7 Å². The number of ether oxygens (including phenoxy) is 4. The third kappa shape index (κ3) is 6.62. The molecule has 0 unspecified atom stereocenters. The second-order valence-corrected chi connectivity index (χ2v) is 11.6. The molecule has 0 atom stereocenters. The van der Waals surface area contributed by atoms with Gasteiger partial charge in [0, 0.05) is 59.6 Å². The molecule has 0 aliphatic carbocycles. The predicted octanol–water partition coefficient (Wildman–Crippen LogP) is 10.1. The number of hydrogen-bond donors (Lipinski definition) is 0. The molecule has 8 rings (SSSR count). The minimum absolute atomic E-state index is 0.479. The molecule has 0 spiro atoms. The van der Waals surface area contributed by atoms with Gasteiger partial charge in [-0.1, -0.05) is 38.1 Å². The van der Waals surface area contributed by atoms with Gasteiger partial charge < -0.3 is 18.9 Å². The van der Waals surface area contributed by atoms with E-state index < -0.39 is 0 Å². The molecule has 8 aromatic rings. The first-order valence-corrected chi connectivity index (χ1v) is 16.6. The standard InChI is InChI=1S/C41H32N6O4/c1-3-27-19-33-34-20-28(4-2)38(49-30-12-10-14-32(22-30)51-40-16-6-8-18-44-40)24-36(34)47(41-45-25-42-26-46-41)35(33)23-37(27)48-29-11-9-13-31(21-29)50-39-15-5-7-17-43-39/h5-26H,3-4H2,1-2H3. The van der Waals surface area contributed by atoms with Crippen molar-refractivity contribution in [1.29, 1.82) is 0 Å². The lowest BCUT2D eigenvalue weighted by Gasteiger charge is -2.13. The predicted molar refractivity (Wildman–Crippen MR) is 195 cm³/mol. The normalized spacial score (nSPS) is 11.1. The largest absolute Gasteiger partial charge is 0.457 e. The van der Waals surface area contributed by atoms with E-state index in [9.17, 15) is 0 Å². The number of nitrogens with zero attached hydrogens (tertiary/aromatic N) is 6. The summed E-state index contributed by atoms with van der Waals surface area (Å²) in [5.41, 5.74) is 3.87. The summed E-state index contributed by atoms with van der Waals surface area (Å²) in [7, 11) is 0. The monoisotopic (exact) mass is 672 g/mol. The minimum atomic E-state index is 0.479. The number of rotatable bonds is 11. The summed E-state index contributed by atoms with van der Waals surface area (Å²) in [5.74, 6) is 5.45. The van der Waals surface area contributed by atoms with Crippen LogP contribution in [0.4, 0.5) is 0 Å². The zero-order chi connectivity index (χ0) is 34.6. The van der Waals surface area contributed by atoms with Gasteiger partial charge in [0.25, 0.3) is 0 Å². The summed E-state index contributed by atoms with van der Waals surface area (Å²) >= 11 is 0. The maximum Gasteiger partial charge on any atom is 0.237 e. The van der Waals surface area contributed by atoms with Crippen LogP contribution in [0.2, 0.25) is 0 Å². The van der Waals surface area contributed by atoms with Crippen LogP contribution in [0.15, 0.2) is 134 Å². The summed E-state index contributed by atoms with van der Waals surface area (Å²) in [4.78, 5) is 21.7. The van der Waals surface area contributed by atoms with Crippen molar-refractivity contribution in [2.75, 3.05) is 0 Å². The van der Waals surface area contributed by atoms with Gasteiger partial charge in [-0.25, -0.2) is 24.9 Å². The topological polar surface area (TPSA) is 106 Å². The molecule has 51 heavy (non-hydrogen) atoms. The Morgan fingerprint density at radius 1 is 0.490 bits per heavy atom. The van der Waals surface area contributed by atoms with Crippen LogP contribution in [0.5, 0.6) is 46.3 Å². The fourth-order valence-corrected chi connectivity index (χ4v) is 5.98. The van der Waals surface area contributed by atoms with E-state index in [0.29, 0.717) is 40.7 Å². The van der Waals surface area contributed by atoms with E-state index in [4.69, 9.17) is 18.9 Å². The zero-order valence-electron chi connectivity index (χ0n) is 27.9. The Balaban J connectivity index is 1.21. The van der Waals surface area contributed by atoms with E-state index in [1.54, 1.807) is 12.4 Å². The lowest BCUT2D eigenvalue weighted by atomic mass is 10.0. The molecule has 0 fully saturated rings. The third-order valence-corrected chi connectivity index (χ3v) is 8.36. The van der Waals surface area contributed by atoms with Gasteiger partial charge in [-0.3, -0.25) is 4.57 Å². The molecule has 0 aliphatic rings. The average molecular weight is 673 g/mol. The van der Waals surface area contributed by atoms with E-state index in [0.717, 1.165) is 57.3 Å². The van der Waals surface area contributed by atoms with Gasteiger partial charge in [-0.2, -0.15) is 0 Å². The molecule has 0 saturated heterocycles. The minimum Gasteiger partial charge on any atom is -0.457 e. The molecule has 0 amide bonds. The molecule has 10 heteroatoms. The van der Waals surface area contributed by atoms with Gasteiger partial charge in [0.2, 0.25) is 17.7 Å². The smallest absolute Gasteiger partial charge is 0.237 e. The quantitative estimate of drug-likeness (QED) is 0.133. The summed E-state index contributed by atoms with van der Waals surface area (Å²) < 4.78 is 27.1. The van der Waals surface area contributed by atoms with Crippen molar-refractivity contribution in [3.8, 4) is 52.2 Å². The van der Waals surface area contributed by atoms with E-state index in [1.807, 2.05) is 89.5 Å². The lowest BCUT2D eigenvalue weighted by Crippen LogP contribution is -2.02. The van der Waals surface area contributed by atoms with E-state index in [-0.39, 0.29) is 0 Å². The van der Waals surface area contributed by atoms with E-state index >= 15 is 0 Å².